The predicted molar refractivity (Wildman–Crippen MR) is 71.2 cm³/mol. The summed E-state index contributed by atoms with van der Waals surface area (Å²) in [5, 5.41) is 16.4. The Hall–Kier alpha value is -2.24. The first-order chi connectivity index (χ1) is 9.58. The van der Waals surface area contributed by atoms with Crippen molar-refractivity contribution >= 4 is 5.97 Å². The van der Waals surface area contributed by atoms with E-state index in [2.05, 4.69) is 10.3 Å². The summed E-state index contributed by atoms with van der Waals surface area (Å²) in [6.07, 6.45) is 3.79. The topological polar surface area (TPSA) is 68.0 Å². The molecular formula is C14H16FN3O2. The Morgan fingerprint density at radius 3 is 2.95 bits per heavy atom. The van der Waals surface area contributed by atoms with Gasteiger partial charge in [-0.2, -0.15) is 0 Å². The zero-order chi connectivity index (χ0) is 14.5. The van der Waals surface area contributed by atoms with Crippen molar-refractivity contribution in [3.63, 3.8) is 0 Å². The molecule has 0 bridgehead atoms. The molecular weight excluding hydrogens is 261 g/mol. The first-order valence-electron chi connectivity index (χ1n) is 6.46. The number of carboxylic acid groups (broad SMARTS) is 1. The highest BCUT2D eigenvalue weighted by molar-refractivity contribution is 5.66. The monoisotopic (exact) mass is 277 g/mol. The average molecular weight is 277 g/mol. The molecule has 0 aliphatic heterocycles. The number of halogens is 1. The fourth-order valence-electron chi connectivity index (χ4n) is 1.92. The highest BCUT2D eigenvalue weighted by Gasteiger charge is 2.09. The average Bonchev–Trinajstić information content (AvgIpc) is 2.86. The van der Waals surface area contributed by atoms with Crippen molar-refractivity contribution in [1.29, 1.82) is 0 Å². The maximum atomic E-state index is 13.9. The molecule has 1 N–H and O–H groups in total. The van der Waals surface area contributed by atoms with Gasteiger partial charge in [0.2, 0.25) is 0 Å². The van der Waals surface area contributed by atoms with Crippen molar-refractivity contribution in [2.24, 2.45) is 0 Å². The van der Waals surface area contributed by atoms with E-state index in [4.69, 9.17) is 5.11 Å². The molecule has 20 heavy (non-hydrogen) atoms. The van der Waals surface area contributed by atoms with Crippen LogP contribution in [0.4, 0.5) is 4.39 Å². The third-order valence-corrected chi connectivity index (χ3v) is 3.03. The Morgan fingerprint density at radius 1 is 1.40 bits per heavy atom. The van der Waals surface area contributed by atoms with E-state index in [0.29, 0.717) is 24.1 Å². The Balaban J connectivity index is 2.02. The number of rotatable bonds is 6. The van der Waals surface area contributed by atoms with Gasteiger partial charge in [-0.05, 0) is 37.8 Å². The largest absolute Gasteiger partial charge is 0.481 e. The molecule has 0 aliphatic rings. The summed E-state index contributed by atoms with van der Waals surface area (Å²) in [6, 6.07) is 5.11. The fraction of sp³-hybridized carbons (Fsp3) is 0.357. The van der Waals surface area contributed by atoms with Gasteiger partial charge in [-0.25, -0.2) is 9.07 Å². The van der Waals surface area contributed by atoms with Crippen molar-refractivity contribution in [3.8, 4) is 5.69 Å². The fourth-order valence-corrected chi connectivity index (χ4v) is 1.92. The van der Waals surface area contributed by atoms with Crippen molar-refractivity contribution in [3.05, 3.63) is 41.5 Å². The van der Waals surface area contributed by atoms with Crippen LogP contribution in [0, 0.1) is 12.7 Å². The van der Waals surface area contributed by atoms with E-state index in [9.17, 15) is 9.18 Å². The molecule has 0 fully saturated rings. The predicted octanol–water partition coefficient (Wildman–Crippen LogP) is 2.51. The first-order valence-corrected chi connectivity index (χ1v) is 6.46. The molecule has 0 radical (unpaired) electrons. The number of carboxylic acids is 1. The molecule has 1 aromatic carbocycles. The normalized spacial score (nSPS) is 10.7. The van der Waals surface area contributed by atoms with Gasteiger partial charge in [0.15, 0.2) is 5.82 Å². The van der Waals surface area contributed by atoms with Crippen molar-refractivity contribution in [2.45, 2.75) is 32.6 Å². The Labute approximate surface area is 116 Å². The van der Waals surface area contributed by atoms with Gasteiger partial charge in [0.1, 0.15) is 5.69 Å². The SMILES string of the molecule is Cc1cccc(-n2cc(CCCCC(=O)O)nn2)c1F. The van der Waals surface area contributed by atoms with E-state index in [0.717, 1.165) is 12.1 Å². The molecule has 0 aliphatic carbocycles. The lowest BCUT2D eigenvalue weighted by Gasteiger charge is -2.03. The van der Waals surface area contributed by atoms with Crippen LogP contribution in [-0.2, 0) is 11.2 Å². The van der Waals surface area contributed by atoms with Gasteiger partial charge in [0.25, 0.3) is 0 Å². The lowest BCUT2D eigenvalue weighted by molar-refractivity contribution is -0.137. The minimum atomic E-state index is -0.796. The second kappa shape index (κ2) is 6.27. The van der Waals surface area contributed by atoms with Crippen LogP contribution < -0.4 is 0 Å². The van der Waals surface area contributed by atoms with Crippen LogP contribution in [0.3, 0.4) is 0 Å². The molecule has 0 amide bonds. The second-order valence-electron chi connectivity index (χ2n) is 4.66. The van der Waals surface area contributed by atoms with Gasteiger partial charge >= 0.3 is 5.97 Å². The van der Waals surface area contributed by atoms with E-state index >= 15 is 0 Å². The summed E-state index contributed by atoms with van der Waals surface area (Å²) in [5.41, 5.74) is 1.66. The van der Waals surface area contributed by atoms with E-state index in [1.807, 2.05) is 0 Å². The zero-order valence-electron chi connectivity index (χ0n) is 11.2. The van der Waals surface area contributed by atoms with Gasteiger partial charge in [-0.15, -0.1) is 5.10 Å². The van der Waals surface area contributed by atoms with Crippen LogP contribution >= 0.6 is 0 Å². The molecule has 1 aromatic heterocycles. The van der Waals surface area contributed by atoms with Crippen LogP contribution in [0.1, 0.15) is 30.5 Å². The first kappa shape index (κ1) is 14.2. The molecule has 2 aromatic rings. The van der Waals surface area contributed by atoms with Crippen molar-refractivity contribution in [2.75, 3.05) is 0 Å². The minimum absolute atomic E-state index is 0.153. The number of hydrogen-bond donors (Lipinski definition) is 1. The number of aryl methyl sites for hydroxylation is 2. The molecule has 0 saturated heterocycles. The summed E-state index contributed by atoms with van der Waals surface area (Å²) < 4.78 is 15.3. The number of hydrogen-bond acceptors (Lipinski definition) is 3. The summed E-state index contributed by atoms with van der Waals surface area (Å²) in [7, 11) is 0. The summed E-state index contributed by atoms with van der Waals surface area (Å²) in [5.74, 6) is -1.11. The number of benzene rings is 1. The summed E-state index contributed by atoms with van der Waals surface area (Å²) in [6.45, 7) is 1.70. The zero-order valence-corrected chi connectivity index (χ0v) is 11.2. The molecule has 1 heterocycles. The van der Waals surface area contributed by atoms with Crippen molar-refractivity contribution < 1.29 is 14.3 Å². The highest BCUT2D eigenvalue weighted by atomic mass is 19.1. The smallest absolute Gasteiger partial charge is 0.303 e. The van der Waals surface area contributed by atoms with Gasteiger partial charge < -0.3 is 5.11 Å². The standard InChI is InChI=1S/C14H16FN3O2/c1-10-5-4-7-12(14(10)15)18-9-11(16-17-18)6-2-3-8-13(19)20/h4-5,7,9H,2-3,6,8H2,1H3,(H,19,20). The minimum Gasteiger partial charge on any atom is -0.481 e. The van der Waals surface area contributed by atoms with Crippen molar-refractivity contribution in [1.82, 2.24) is 15.0 Å². The Bertz CT molecular complexity index is 610. The molecule has 2 rings (SSSR count). The second-order valence-corrected chi connectivity index (χ2v) is 4.66. The van der Waals surface area contributed by atoms with Gasteiger partial charge in [-0.3, -0.25) is 4.79 Å². The number of aliphatic carboxylic acids is 1. The van der Waals surface area contributed by atoms with Crippen LogP contribution in [0.15, 0.2) is 24.4 Å². The lowest BCUT2D eigenvalue weighted by atomic mass is 10.1. The van der Waals surface area contributed by atoms with E-state index in [1.165, 1.54) is 4.68 Å². The lowest BCUT2D eigenvalue weighted by Crippen LogP contribution is -1.99. The summed E-state index contributed by atoms with van der Waals surface area (Å²) in [4.78, 5) is 10.4. The molecule has 0 saturated carbocycles. The molecule has 5 nitrogen and oxygen atoms in total. The molecule has 106 valence electrons. The van der Waals surface area contributed by atoms with Crippen LogP contribution in [0.2, 0.25) is 0 Å². The molecule has 0 unspecified atom stereocenters. The third-order valence-electron chi connectivity index (χ3n) is 3.03. The molecule has 6 heteroatoms. The van der Waals surface area contributed by atoms with E-state index in [-0.39, 0.29) is 12.2 Å². The maximum absolute atomic E-state index is 13.9. The van der Waals surface area contributed by atoms with Gasteiger partial charge in [0.05, 0.1) is 11.9 Å². The molecule has 0 atom stereocenters. The number of nitrogens with zero attached hydrogens (tertiary/aromatic N) is 3. The highest BCUT2D eigenvalue weighted by Crippen LogP contribution is 2.16. The van der Waals surface area contributed by atoms with E-state index in [1.54, 1.807) is 31.3 Å². The maximum Gasteiger partial charge on any atom is 0.303 e. The summed E-state index contributed by atoms with van der Waals surface area (Å²) >= 11 is 0. The van der Waals surface area contributed by atoms with Gasteiger partial charge in [0, 0.05) is 6.42 Å². The Kier molecular flexibility index (Phi) is 4.45. The molecule has 0 spiro atoms. The number of unbranched alkanes of at least 4 members (excludes halogenated alkanes) is 1. The number of aromatic nitrogens is 3. The van der Waals surface area contributed by atoms with Crippen LogP contribution in [-0.4, -0.2) is 26.1 Å². The quantitative estimate of drug-likeness (QED) is 0.824. The van der Waals surface area contributed by atoms with Crippen LogP contribution in [0.5, 0.6) is 0 Å². The third kappa shape index (κ3) is 3.40. The van der Waals surface area contributed by atoms with Gasteiger partial charge in [-0.1, -0.05) is 17.3 Å². The number of carbonyl (C=O) groups is 1. The van der Waals surface area contributed by atoms with Crippen LogP contribution in [0.25, 0.3) is 5.69 Å². The van der Waals surface area contributed by atoms with E-state index < -0.39 is 5.97 Å². The Morgan fingerprint density at radius 2 is 2.20 bits per heavy atom.